The molecule has 2 aromatic rings. The van der Waals surface area contributed by atoms with Gasteiger partial charge in [-0.05, 0) is 18.2 Å². The number of halogens is 1. The Kier molecular flexibility index (Phi) is 4.25. The highest BCUT2D eigenvalue weighted by atomic mass is 35.5. The molecule has 0 radical (unpaired) electrons. The first-order valence-electron chi connectivity index (χ1n) is 6.82. The fraction of sp³-hybridized carbons (Fsp3) is 0.133. The molecule has 7 nitrogen and oxygen atoms in total. The zero-order valence-electron chi connectivity index (χ0n) is 12.2. The van der Waals surface area contributed by atoms with Gasteiger partial charge in [-0.25, -0.2) is 13.2 Å². The van der Waals surface area contributed by atoms with E-state index in [2.05, 4.69) is 4.72 Å². The number of hydrogen-bond donors (Lipinski definition) is 2. The van der Waals surface area contributed by atoms with Crippen molar-refractivity contribution in [2.75, 3.05) is 17.9 Å². The Morgan fingerprint density at radius 3 is 2.42 bits per heavy atom. The van der Waals surface area contributed by atoms with Crippen molar-refractivity contribution in [3.8, 4) is 11.5 Å². The Labute approximate surface area is 142 Å². The summed E-state index contributed by atoms with van der Waals surface area (Å²) in [5.74, 6) is -0.768. The van der Waals surface area contributed by atoms with Crippen LogP contribution >= 0.6 is 11.6 Å². The lowest BCUT2D eigenvalue weighted by Gasteiger charge is -2.20. The Morgan fingerprint density at radius 2 is 1.79 bits per heavy atom. The predicted octanol–water partition coefficient (Wildman–Crippen LogP) is 2.61. The van der Waals surface area contributed by atoms with E-state index >= 15 is 0 Å². The van der Waals surface area contributed by atoms with E-state index in [-0.39, 0.29) is 32.7 Å². The molecule has 1 aliphatic heterocycles. The summed E-state index contributed by atoms with van der Waals surface area (Å²) in [6.07, 6.45) is 0. The molecule has 0 saturated heterocycles. The number of carboxylic acids is 1. The van der Waals surface area contributed by atoms with E-state index in [4.69, 9.17) is 21.1 Å². The summed E-state index contributed by atoms with van der Waals surface area (Å²) >= 11 is 5.81. The lowest BCUT2D eigenvalue weighted by atomic mass is 10.1. The van der Waals surface area contributed by atoms with Gasteiger partial charge in [-0.1, -0.05) is 17.7 Å². The molecule has 24 heavy (non-hydrogen) atoms. The molecule has 0 bridgehead atoms. The molecule has 126 valence electrons. The minimum absolute atomic E-state index is 0.0822. The van der Waals surface area contributed by atoms with Gasteiger partial charge in [0, 0.05) is 17.2 Å². The third kappa shape index (κ3) is 3.24. The van der Waals surface area contributed by atoms with E-state index < -0.39 is 16.0 Å². The molecular formula is C15H12ClNO6S. The Morgan fingerprint density at radius 1 is 1.12 bits per heavy atom. The molecule has 0 unspecified atom stereocenters. The largest absolute Gasteiger partial charge is 0.486 e. The van der Waals surface area contributed by atoms with Crippen LogP contribution in [0.25, 0.3) is 0 Å². The van der Waals surface area contributed by atoms with Gasteiger partial charge in [-0.15, -0.1) is 0 Å². The van der Waals surface area contributed by atoms with Gasteiger partial charge in [-0.2, -0.15) is 0 Å². The third-order valence-corrected chi connectivity index (χ3v) is 4.86. The topological polar surface area (TPSA) is 102 Å². The van der Waals surface area contributed by atoms with E-state index in [0.717, 1.165) is 0 Å². The van der Waals surface area contributed by atoms with E-state index in [1.807, 2.05) is 0 Å². The molecule has 0 amide bonds. The molecule has 0 fully saturated rings. The van der Waals surface area contributed by atoms with Gasteiger partial charge in [-0.3, -0.25) is 4.72 Å². The number of fused-ring (bicyclic) bond motifs is 1. The SMILES string of the molecule is O=C(O)c1cc2c(cc1NS(=O)(=O)c1cccc(Cl)c1)OCCO2. The summed E-state index contributed by atoms with van der Waals surface area (Å²) < 4.78 is 37.9. The maximum Gasteiger partial charge on any atom is 0.337 e. The number of ether oxygens (including phenoxy) is 2. The molecule has 0 atom stereocenters. The molecule has 0 aromatic heterocycles. The lowest BCUT2D eigenvalue weighted by molar-refractivity contribution is 0.0697. The van der Waals surface area contributed by atoms with Crippen molar-refractivity contribution < 1.29 is 27.8 Å². The monoisotopic (exact) mass is 369 g/mol. The van der Waals surface area contributed by atoms with E-state index in [0.29, 0.717) is 13.2 Å². The second-order valence-electron chi connectivity index (χ2n) is 4.91. The summed E-state index contributed by atoms with van der Waals surface area (Å²) in [7, 11) is -4.01. The van der Waals surface area contributed by atoms with Crippen molar-refractivity contribution in [1.82, 2.24) is 0 Å². The Balaban J connectivity index is 2.04. The van der Waals surface area contributed by atoms with E-state index in [1.54, 1.807) is 0 Å². The molecule has 2 aromatic carbocycles. The fourth-order valence-electron chi connectivity index (χ4n) is 2.19. The second-order valence-corrected chi connectivity index (χ2v) is 7.03. The van der Waals surface area contributed by atoms with E-state index in [9.17, 15) is 18.3 Å². The molecule has 2 N–H and O–H groups in total. The molecule has 9 heteroatoms. The first-order valence-corrected chi connectivity index (χ1v) is 8.68. The van der Waals surface area contributed by atoms with Crippen LogP contribution in [-0.4, -0.2) is 32.7 Å². The van der Waals surface area contributed by atoms with Crippen molar-refractivity contribution in [1.29, 1.82) is 0 Å². The number of benzene rings is 2. The van der Waals surface area contributed by atoms with Crippen molar-refractivity contribution in [2.24, 2.45) is 0 Å². The molecule has 0 saturated carbocycles. The Bertz CT molecular complexity index is 912. The summed E-state index contributed by atoms with van der Waals surface area (Å²) in [6.45, 7) is 0.583. The number of sulfonamides is 1. The van der Waals surface area contributed by atoms with Gasteiger partial charge in [0.2, 0.25) is 0 Å². The molecule has 1 aliphatic rings. The van der Waals surface area contributed by atoms with Crippen LogP contribution in [0.3, 0.4) is 0 Å². The highest BCUT2D eigenvalue weighted by molar-refractivity contribution is 7.92. The van der Waals surface area contributed by atoms with Crippen LogP contribution in [0, 0.1) is 0 Å². The lowest BCUT2D eigenvalue weighted by Crippen LogP contribution is -2.19. The van der Waals surface area contributed by atoms with Gasteiger partial charge in [0.1, 0.15) is 13.2 Å². The minimum Gasteiger partial charge on any atom is -0.486 e. The van der Waals surface area contributed by atoms with Crippen molar-refractivity contribution in [3.63, 3.8) is 0 Å². The van der Waals surface area contributed by atoms with Gasteiger partial charge >= 0.3 is 5.97 Å². The predicted molar refractivity (Wildman–Crippen MR) is 86.7 cm³/mol. The second kappa shape index (κ2) is 6.21. The van der Waals surface area contributed by atoms with Crippen LogP contribution in [0.5, 0.6) is 11.5 Å². The number of hydrogen-bond acceptors (Lipinski definition) is 5. The van der Waals surface area contributed by atoms with Crippen molar-refractivity contribution in [3.05, 3.63) is 47.0 Å². The number of carbonyl (C=O) groups is 1. The summed E-state index contributed by atoms with van der Waals surface area (Å²) in [6, 6.07) is 8.16. The normalized spacial score (nSPS) is 13.4. The standard InChI is InChI=1S/C15H12ClNO6S/c16-9-2-1-3-10(6-9)24(20,21)17-12-8-14-13(22-4-5-23-14)7-11(12)15(18)19/h1-3,6-8,17H,4-5H2,(H,18,19). The third-order valence-electron chi connectivity index (χ3n) is 3.26. The maximum atomic E-state index is 12.5. The van der Waals surface area contributed by atoms with Crippen LogP contribution in [0.2, 0.25) is 5.02 Å². The number of nitrogens with one attached hydrogen (secondary N) is 1. The zero-order valence-corrected chi connectivity index (χ0v) is 13.7. The van der Waals surface area contributed by atoms with Crippen molar-refractivity contribution >= 4 is 33.3 Å². The Hall–Kier alpha value is -2.45. The fourth-order valence-corrected chi connectivity index (χ4v) is 3.56. The first kappa shape index (κ1) is 16.4. The van der Waals surface area contributed by atoms with Crippen LogP contribution < -0.4 is 14.2 Å². The quantitative estimate of drug-likeness (QED) is 0.858. The van der Waals surface area contributed by atoms with Gasteiger partial charge in [0.05, 0.1) is 16.1 Å². The molecule has 0 spiro atoms. The molecular weight excluding hydrogens is 358 g/mol. The van der Waals surface area contributed by atoms with Crippen LogP contribution in [0.1, 0.15) is 10.4 Å². The van der Waals surface area contributed by atoms with Gasteiger partial charge in [0.15, 0.2) is 11.5 Å². The molecule has 3 rings (SSSR count). The summed E-state index contributed by atoms with van der Waals surface area (Å²) in [5, 5.41) is 9.58. The smallest absolute Gasteiger partial charge is 0.337 e. The first-order chi connectivity index (χ1) is 11.4. The summed E-state index contributed by atoms with van der Waals surface area (Å²) in [4.78, 5) is 11.3. The highest BCUT2D eigenvalue weighted by Gasteiger charge is 2.23. The van der Waals surface area contributed by atoms with Crippen LogP contribution in [0.15, 0.2) is 41.3 Å². The molecule has 1 heterocycles. The summed E-state index contributed by atoms with van der Waals surface area (Å²) in [5.41, 5.74) is -0.364. The number of carboxylic acid groups (broad SMARTS) is 1. The number of anilines is 1. The maximum absolute atomic E-state index is 12.5. The average molecular weight is 370 g/mol. The number of aromatic carboxylic acids is 1. The average Bonchev–Trinajstić information content (AvgIpc) is 2.53. The zero-order chi connectivity index (χ0) is 17.3. The van der Waals surface area contributed by atoms with Crippen LogP contribution in [0.4, 0.5) is 5.69 Å². The van der Waals surface area contributed by atoms with Crippen LogP contribution in [-0.2, 0) is 10.0 Å². The van der Waals surface area contributed by atoms with Gasteiger partial charge < -0.3 is 14.6 Å². The van der Waals surface area contributed by atoms with Gasteiger partial charge in [0.25, 0.3) is 10.0 Å². The minimum atomic E-state index is -4.01. The number of rotatable bonds is 4. The van der Waals surface area contributed by atoms with E-state index in [1.165, 1.54) is 36.4 Å². The molecule has 0 aliphatic carbocycles. The van der Waals surface area contributed by atoms with Crippen molar-refractivity contribution in [2.45, 2.75) is 4.90 Å². The highest BCUT2D eigenvalue weighted by Crippen LogP contribution is 2.36.